The van der Waals surface area contributed by atoms with Crippen molar-refractivity contribution in [1.29, 1.82) is 0 Å². The maximum atomic E-state index is 12.9. The molecule has 1 rings (SSSR count). The minimum atomic E-state index is -4.46. The molecule has 0 aliphatic rings. The number of carbonyl (C=O) groups is 1. The Morgan fingerprint density at radius 3 is 2.09 bits per heavy atom. The van der Waals surface area contributed by atoms with Gasteiger partial charge in [-0.25, -0.2) is 4.79 Å². The van der Waals surface area contributed by atoms with Crippen molar-refractivity contribution in [2.75, 3.05) is 5.32 Å². The van der Waals surface area contributed by atoms with E-state index in [-0.39, 0.29) is 5.69 Å². The van der Waals surface area contributed by atoms with E-state index in [1.165, 1.54) is 6.07 Å². The lowest BCUT2D eigenvalue weighted by atomic mass is 10.2. The Bertz CT molecular complexity index is 557. The first-order valence-corrected chi connectivity index (χ1v) is 10.4. The molecule has 0 saturated heterocycles. The van der Waals surface area contributed by atoms with Crippen LogP contribution < -0.4 is 10.5 Å². The van der Waals surface area contributed by atoms with E-state index < -0.39 is 31.5 Å². The molecule has 0 atom stereocenters. The molecule has 0 aliphatic carbocycles. The molecule has 0 aromatic heterocycles. The molecule has 7 heteroatoms. The molecule has 3 nitrogen and oxygen atoms in total. The van der Waals surface area contributed by atoms with Crippen molar-refractivity contribution < 1.29 is 22.7 Å². The molecule has 0 aliphatic heterocycles. The molecule has 0 radical (unpaired) electrons. The number of ether oxygens (including phenoxy) is 1. The number of nitrogens with one attached hydrogen (secondary N) is 1. The van der Waals surface area contributed by atoms with Gasteiger partial charge < -0.3 is 4.74 Å². The summed E-state index contributed by atoms with van der Waals surface area (Å²) in [7, 11) is -1.92. The van der Waals surface area contributed by atoms with Gasteiger partial charge in [0, 0.05) is 5.69 Å². The molecular formula is C15H22F3NO2Si. The number of amides is 1. The maximum Gasteiger partial charge on any atom is 0.416 e. The third kappa shape index (κ3) is 5.36. The molecule has 0 heterocycles. The zero-order valence-corrected chi connectivity index (χ0v) is 14.7. The lowest BCUT2D eigenvalue weighted by molar-refractivity contribution is -0.137. The van der Waals surface area contributed by atoms with E-state index in [0.29, 0.717) is 0 Å². The van der Waals surface area contributed by atoms with Gasteiger partial charge in [-0.15, -0.1) is 0 Å². The predicted octanol–water partition coefficient (Wildman–Crippen LogP) is 4.60. The van der Waals surface area contributed by atoms with Gasteiger partial charge in [0.05, 0.1) is 13.6 Å². The summed E-state index contributed by atoms with van der Waals surface area (Å²) in [6.07, 6.45) is -5.21. The highest BCUT2D eigenvalue weighted by molar-refractivity contribution is 6.89. The molecular weight excluding hydrogens is 311 g/mol. The highest BCUT2D eigenvalue weighted by Crippen LogP contribution is 2.31. The molecule has 1 aromatic carbocycles. The summed E-state index contributed by atoms with van der Waals surface area (Å²) in [5, 5.41) is 3.20. The predicted molar refractivity (Wildman–Crippen MR) is 84.3 cm³/mol. The van der Waals surface area contributed by atoms with Crippen molar-refractivity contribution in [2.45, 2.75) is 52.2 Å². The second kappa shape index (κ2) is 5.95. The van der Waals surface area contributed by atoms with Gasteiger partial charge in [0.25, 0.3) is 0 Å². The summed E-state index contributed by atoms with van der Waals surface area (Å²) in [5.74, 6) is 0. The van der Waals surface area contributed by atoms with Gasteiger partial charge >= 0.3 is 12.3 Å². The fourth-order valence-corrected chi connectivity index (χ4v) is 3.42. The van der Waals surface area contributed by atoms with Crippen LogP contribution in [-0.2, 0) is 10.9 Å². The van der Waals surface area contributed by atoms with E-state index in [4.69, 9.17) is 4.74 Å². The Hall–Kier alpha value is -1.50. The lowest BCUT2D eigenvalue weighted by Crippen LogP contribution is -2.41. The summed E-state index contributed by atoms with van der Waals surface area (Å²) >= 11 is 0. The number of benzene rings is 1. The van der Waals surface area contributed by atoms with Crippen LogP contribution >= 0.6 is 0 Å². The molecule has 0 fully saturated rings. The van der Waals surface area contributed by atoms with Crippen LogP contribution in [-0.4, -0.2) is 19.8 Å². The number of rotatable bonds is 2. The minimum Gasteiger partial charge on any atom is -0.444 e. The Kier molecular flexibility index (Phi) is 5.01. The number of hydrogen-bond acceptors (Lipinski definition) is 2. The fraction of sp³-hybridized carbons (Fsp3) is 0.533. The molecule has 0 spiro atoms. The highest BCUT2D eigenvalue weighted by Gasteiger charge is 2.33. The minimum absolute atomic E-state index is 0.170. The molecule has 124 valence electrons. The summed E-state index contributed by atoms with van der Waals surface area (Å²) in [5.41, 5.74) is -1.34. The standard InChI is InChI=1S/C15H22F3NO2Si/c1-14(2,3)21-13(20)19-11-9-10(15(16,17)18)7-8-12(11)22(4,5)6/h7-9H,1-6H3,(H,19,20). The van der Waals surface area contributed by atoms with E-state index >= 15 is 0 Å². The van der Waals surface area contributed by atoms with E-state index in [2.05, 4.69) is 5.32 Å². The van der Waals surface area contributed by atoms with Gasteiger partial charge in [-0.05, 0) is 38.1 Å². The van der Waals surface area contributed by atoms with Gasteiger partial charge in [-0.1, -0.05) is 25.7 Å². The normalized spacial score (nSPS) is 13.0. The van der Waals surface area contributed by atoms with Crippen LogP contribution in [0.1, 0.15) is 26.3 Å². The number of alkyl halides is 3. The SMILES string of the molecule is CC(C)(C)OC(=O)Nc1cc(C(F)(F)F)ccc1[Si](C)(C)C. The molecule has 1 N–H and O–H groups in total. The zero-order valence-electron chi connectivity index (χ0n) is 13.7. The molecule has 0 unspecified atom stereocenters. The Labute approximate surface area is 129 Å². The van der Waals surface area contributed by atoms with E-state index in [0.717, 1.165) is 17.3 Å². The summed E-state index contributed by atoms with van der Waals surface area (Å²) in [4.78, 5) is 11.9. The van der Waals surface area contributed by atoms with Crippen molar-refractivity contribution >= 4 is 25.0 Å². The van der Waals surface area contributed by atoms with Gasteiger partial charge in [0.2, 0.25) is 0 Å². The number of anilines is 1. The monoisotopic (exact) mass is 333 g/mol. The Morgan fingerprint density at radius 2 is 1.68 bits per heavy atom. The average Bonchev–Trinajstić information content (AvgIpc) is 2.23. The third-order valence-corrected chi connectivity index (χ3v) is 4.84. The Balaban J connectivity index is 3.21. The maximum absolute atomic E-state index is 12.9. The first-order valence-electron chi connectivity index (χ1n) is 6.92. The Morgan fingerprint density at radius 1 is 1.14 bits per heavy atom. The first-order chi connectivity index (χ1) is 9.70. The summed E-state index contributed by atoms with van der Waals surface area (Å²) < 4.78 is 43.7. The van der Waals surface area contributed by atoms with Gasteiger partial charge in [0.1, 0.15) is 5.60 Å². The first kappa shape index (κ1) is 18.5. The molecule has 0 bridgehead atoms. The third-order valence-electron chi connectivity index (χ3n) is 2.79. The van der Waals surface area contributed by atoms with Crippen LogP contribution in [0, 0.1) is 0 Å². The summed E-state index contributed by atoms with van der Waals surface area (Å²) in [6, 6.07) is 3.47. The van der Waals surface area contributed by atoms with Crippen molar-refractivity contribution in [2.24, 2.45) is 0 Å². The molecule has 0 saturated carbocycles. The second-order valence-electron chi connectivity index (χ2n) is 7.14. The topological polar surface area (TPSA) is 38.3 Å². The smallest absolute Gasteiger partial charge is 0.416 e. The van der Waals surface area contributed by atoms with E-state index in [1.54, 1.807) is 20.8 Å². The van der Waals surface area contributed by atoms with Gasteiger partial charge in [0.15, 0.2) is 0 Å². The lowest BCUT2D eigenvalue weighted by Gasteiger charge is -2.24. The summed E-state index contributed by atoms with van der Waals surface area (Å²) in [6.45, 7) is 11.1. The van der Waals surface area contributed by atoms with Crippen LogP contribution in [0.2, 0.25) is 19.6 Å². The molecule has 22 heavy (non-hydrogen) atoms. The second-order valence-corrected chi connectivity index (χ2v) is 12.2. The van der Waals surface area contributed by atoms with Crippen LogP contribution in [0.5, 0.6) is 0 Å². The van der Waals surface area contributed by atoms with Crippen molar-refractivity contribution in [1.82, 2.24) is 0 Å². The van der Waals surface area contributed by atoms with Crippen LogP contribution in [0.4, 0.5) is 23.7 Å². The zero-order chi connectivity index (χ0) is 17.3. The highest BCUT2D eigenvalue weighted by atomic mass is 28.3. The van der Waals surface area contributed by atoms with Crippen LogP contribution in [0.3, 0.4) is 0 Å². The van der Waals surface area contributed by atoms with Gasteiger partial charge in [-0.3, -0.25) is 5.32 Å². The number of carbonyl (C=O) groups excluding carboxylic acids is 1. The molecule has 1 amide bonds. The fourth-order valence-electron chi connectivity index (χ4n) is 1.89. The molecule has 1 aromatic rings. The number of halogens is 3. The van der Waals surface area contributed by atoms with E-state index in [1.807, 2.05) is 19.6 Å². The largest absolute Gasteiger partial charge is 0.444 e. The van der Waals surface area contributed by atoms with Gasteiger partial charge in [-0.2, -0.15) is 13.2 Å². The van der Waals surface area contributed by atoms with Crippen LogP contribution in [0.25, 0.3) is 0 Å². The van der Waals surface area contributed by atoms with Crippen LogP contribution in [0.15, 0.2) is 18.2 Å². The quantitative estimate of drug-likeness (QED) is 0.804. The number of hydrogen-bond donors (Lipinski definition) is 1. The van der Waals surface area contributed by atoms with Crippen molar-refractivity contribution in [3.63, 3.8) is 0 Å². The van der Waals surface area contributed by atoms with E-state index in [9.17, 15) is 18.0 Å². The average molecular weight is 333 g/mol. The van der Waals surface area contributed by atoms with Crippen molar-refractivity contribution in [3.8, 4) is 0 Å². The van der Waals surface area contributed by atoms with Crippen molar-refractivity contribution in [3.05, 3.63) is 23.8 Å².